The molecule has 1 aliphatic rings. The predicted octanol–water partition coefficient (Wildman–Crippen LogP) is 2.17. The lowest BCUT2D eigenvalue weighted by atomic mass is 9.90. The number of aliphatic hydroxyl groups is 3. The summed E-state index contributed by atoms with van der Waals surface area (Å²) in [4.78, 5) is 41.0. The van der Waals surface area contributed by atoms with Gasteiger partial charge in [-0.15, -0.1) is 0 Å². The first-order chi connectivity index (χ1) is 17.1. The highest BCUT2D eigenvalue weighted by molar-refractivity contribution is 5.92. The number of nitrogens with one attached hydrogen (secondary N) is 1. The van der Waals surface area contributed by atoms with Gasteiger partial charge in [0.25, 0.3) is 0 Å². The Balaban J connectivity index is 0.00000217. The van der Waals surface area contributed by atoms with Crippen LogP contribution >= 0.6 is 0 Å². The van der Waals surface area contributed by atoms with E-state index in [0.29, 0.717) is 24.1 Å². The first-order valence-corrected chi connectivity index (χ1v) is 12.0. The average Bonchev–Trinajstić information content (AvgIpc) is 2.78. The van der Waals surface area contributed by atoms with Gasteiger partial charge in [-0.3, -0.25) is 9.59 Å². The Bertz CT molecular complexity index is 928. The van der Waals surface area contributed by atoms with Gasteiger partial charge in [0.2, 0.25) is 12.2 Å². The Hall–Kier alpha value is -2.82. The van der Waals surface area contributed by atoms with Crippen molar-refractivity contribution in [2.45, 2.75) is 92.0 Å². The summed E-state index contributed by atoms with van der Waals surface area (Å²) in [5, 5.41) is 32.6. The fraction of sp³-hybridized carbons (Fsp3) is 0.654. The van der Waals surface area contributed by atoms with Gasteiger partial charge in [-0.2, -0.15) is 9.59 Å². The number of rotatable bonds is 8. The molecule has 1 fully saturated rings. The topological polar surface area (TPSA) is 169 Å². The summed E-state index contributed by atoms with van der Waals surface area (Å²) in [5.74, 6) is -0.354. The van der Waals surface area contributed by atoms with Crippen LogP contribution in [0.15, 0.2) is 18.2 Å². The Morgan fingerprint density at radius 1 is 1.08 bits per heavy atom. The van der Waals surface area contributed by atoms with Crippen LogP contribution < -0.4 is 10.1 Å². The number of anilines is 1. The number of esters is 1. The van der Waals surface area contributed by atoms with E-state index in [1.165, 1.54) is 0 Å². The molecule has 4 atom stereocenters. The van der Waals surface area contributed by atoms with Crippen molar-refractivity contribution in [3.8, 4) is 5.75 Å². The molecule has 0 aliphatic carbocycles. The van der Waals surface area contributed by atoms with Gasteiger partial charge in [0.1, 0.15) is 30.7 Å². The normalized spacial score (nSPS) is 21.6. The van der Waals surface area contributed by atoms with Crippen molar-refractivity contribution in [2.24, 2.45) is 10.8 Å². The molecule has 11 heteroatoms. The fourth-order valence-electron chi connectivity index (χ4n) is 3.23. The van der Waals surface area contributed by atoms with Crippen molar-refractivity contribution < 1.29 is 48.7 Å². The van der Waals surface area contributed by atoms with Crippen molar-refractivity contribution in [1.29, 1.82) is 0 Å². The van der Waals surface area contributed by atoms with Crippen LogP contribution in [0.1, 0.15) is 66.4 Å². The Kier molecular flexibility index (Phi) is 12.4. The van der Waals surface area contributed by atoms with Crippen LogP contribution in [0, 0.1) is 10.8 Å². The van der Waals surface area contributed by atoms with E-state index in [9.17, 15) is 24.9 Å². The molecule has 2 rings (SSSR count). The standard InChI is InChI=1S/C25H39NO8.CO2/c1-24(2,3)11-7-8-19(28)26-16-12-15(13-33-23(31)25(4,5)6)9-10-18(16)34-22-21(30)20(29)17(27)14-32-22;2-1-3/h9-10,12,17,20-22,27,29-30H,7-8,11,13-14H2,1-6H3,(H,26,28);/t17-,20+,21-,22-;/m1./s1. The second-order valence-electron chi connectivity index (χ2n) is 11.1. The first kappa shape index (κ1) is 32.2. The highest BCUT2D eigenvalue weighted by atomic mass is 16.7. The van der Waals surface area contributed by atoms with E-state index in [1.807, 2.05) is 0 Å². The monoisotopic (exact) mass is 525 g/mol. The lowest BCUT2D eigenvalue weighted by molar-refractivity contribution is -0.241. The largest absolute Gasteiger partial charge is 0.460 e. The predicted molar refractivity (Wildman–Crippen MR) is 131 cm³/mol. The van der Waals surface area contributed by atoms with Gasteiger partial charge in [0.15, 0.2) is 0 Å². The van der Waals surface area contributed by atoms with Gasteiger partial charge in [0, 0.05) is 6.42 Å². The SMILES string of the molecule is CC(C)(C)CCCC(=O)Nc1cc(COC(=O)C(C)(C)C)ccc1O[C@H]1OC[C@@H](O)[C@H](O)[C@H]1O.O=C=O. The summed E-state index contributed by atoms with van der Waals surface area (Å²) in [6, 6.07) is 4.87. The summed E-state index contributed by atoms with van der Waals surface area (Å²) in [5.41, 5.74) is 0.426. The molecule has 0 bridgehead atoms. The molecule has 1 aromatic carbocycles. The molecular formula is C26H39NO10. The zero-order chi connectivity index (χ0) is 28.4. The molecule has 1 aromatic rings. The third-order valence-corrected chi connectivity index (χ3v) is 5.33. The minimum Gasteiger partial charge on any atom is -0.460 e. The highest BCUT2D eigenvalue weighted by Gasteiger charge is 2.39. The molecule has 0 unspecified atom stereocenters. The van der Waals surface area contributed by atoms with Crippen LogP contribution in [0.2, 0.25) is 0 Å². The molecule has 0 aromatic heterocycles. The van der Waals surface area contributed by atoms with E-state index >= 15 is 0 Å². The van der Waals surface area contributed by atoms with Gasteiger partial charge < -0.3 is 34.8 Å². The van der Waals surface area contributed by atoms with E-state index in [0.717, 1.165) is 6.42 Å². The van der Waals surface area contributed by atoms with E-state index < -0.39 is 30.0 Å². The lowest BCUT2D eigenvalue weighted by Gasteiger charge is -2.35. The van der Waals surface area contributed by atoms with Gasteiger partial charge in [-0.1, -0.05) is 26.8 Å². The number of aliphatic hydroxyl groups excluding tert-OH is 3. The van der Waals surface area contributed by atoms with E-state index in [1.54, 1.807) is 39.0 Å². The maximum Gasteiger partial charge on any atom is 0.373 e. The van der Waals surface area contributed by atoms with E-state index in [4.69, 9.17) is 23.8 Å². The number of carbonyl (C=O) groups is 2. The van der Waals surface area contributed by atoms with Crippen LogP contribution in [-0.4, -0.2) is 64.6 Å². The minimum atomic E-state index is -1.48. The van der Waals surface area contributed by atoms with Crippen molar-refractivity contribution in [3.05, 3.63) is 23.8 Å². The summed E-state index contributed by atoms with van der Waals surface area (Å²) in [6.07, 6.45) is -3.21. The quantitative estimate of drug-likeness (QED) is 0.369. The number of ether oxygens (including phenoxy) is 3. The zero-order valence-electron chi connectivity index (χ0n) is 22.3. The number of hydrogen-bond acceptors (Lipinski definition) is 10. The summed E-state index contributed by atoms with van der Waals surface area (Å²) in [7, 11) is 0. The number of hydrogen-bond donors (Lipinski definition) is 4. The summed E-state index contributed by atoms with van der Waals surface area (Å²) in [6.45, 7) is 11.4. The molecule has 37 heavy (non-hydrogen) atoms. The zero-order valence-corrected chi connectivity index (χ0v) is 22.3. The average molecular weight is 526 g/mol. The maximum atomic E-state index is 12.6. The molecule has 4 N–H and O–H groups in total. The molecule has 0 spiro atoms. The van der Waals surface area contributed by atoms with Gasteiger partial charge in [-0.05, 0) is 56.7 Å². The third kappa shape index (κ3) is 11.4. The molecule has 208 valence electrons. The van der Waals surface area contributed by atoms with E-state index in [-0.39, 0.29) is 42.4 Å². The maximum absolute atomic E-state index is 12.6. The van der Waals surface area contributed by atoms with Crippen LogP contribution in [0.5, 0.6) is 5.75 Å². The Morgan fingerprint density at radius 3 is 2.27 bits per heavy atom. The van der Waals surface area contributed by atoms with Crippen molar-refractivity contribution in [1.82, 2.24) is 0 Å². The molecule has 1 aliphatic heterocycles. The third-order valence-electron chi connectivity index (χ3n) is 5.33. The van der Waals surface area contributed by atoms with Crippen LogP contribution in [-0.2, 0) is 35.3 Å². The van der Waals surface area contributed by atoms with Gasteiger partial charge >= 0.3 is 12.1 Å². The number of amides is 1. The number of benzene rings is 1. The summed E-state index contributed by atoms with van der Waals surface area (Å²) < 4.78 is 16.4. The molecule has 1 saturated heterocycles. The number of carbonyl (C=O) groups excluding carboxylic acids is 4. The molecule has 1 amide bonds. The van der Waals surface area contributed by atoms with E-state index in [2.05, 4.69) is 26.1 Å². The molecule has 0 radical (unpaired) electrons. The van der Waals surface area contributed by atoms with Crippen LogP contribution in [0.3, 0.4) is 0 Å². The van der Waals surface area contributed by atoms with Crippen LogP contribution in [0.25, 0.3) is 0 Å². The lowest BCUT2D eigenvalue weighted by Crippen LogP contribution is -2.54. The Morgan fingerprint density at radius 2 is 1.70 bits per heavy atom. The molecular weight excluding hydrogens is 486 g/mol. The van der Waals surface area contributed by atoms with Gasteiger partial charge in [-0.25, -0.2) is 0 Å². The van der Waals surface area contributed by atoms with Crippen LogP contribution in [0.4, 0.5) is 5.69 Å². The van der Waals surface area contributed by atoms with Crippen molar-refractivity contribution >= 4 is 23.7 Å². The van der Waals surface area contributed by atoms with Crippen molar-refractivity contribution in [3.63, 3.8) is 0 Å². The second-order valence-corrected chi connectivity index (χ2v) is 11.1. The smallest absolute Gasteiger partial charge is 0.373 e. The fourth-order valence-corrected chi connectivity index (χ4v) is 3.23. The molecule has 1 heterocycles. The van der Waals surface area contributed by atoms with Gasteiger partial charge in [0.05, 0.1) is 17.7 Å². The second kappa shape index (κ2) is 14.2. The molecule has 0 saturated carbocycles. The minimum absolute atomic E-state index is 0.0107. The summed E-state index contributed by atoms with van der Waals surface area (Å²) >= 11 is 0. The Labute approximate surface area is 217 Å². The highest BCUT2D eigenvalue weighted by Crippen LogP contribution is 2.30. The first-order valence-electron chi connectivity index (χ1n) is 12.0. The van der Waals surface area contributed by atoms with Crippen molar-refractivity contribution in [2.75, 3.05) is 11.9 Å². The molecule has 11 nitrogen and oxygen atoms in total.